The van der Waals surface area contributed by atoms with E-state index in [1.54, 1.807) is 27.0 Å². The molecule has 0 aliphatic rings. The molecular weight excluding hydrogens is 360 g/mol. The first kappa shape index (κ1) is 21.8. The van der Waals surface area contributed by atoms with Gasteiger partial charge in [0, 0.05) is 46.2 Å². The Labute approximate surface area is 153 Å². The number of carbonyl (C=O) groups is 2. The van der Waals surface area contributed by atoms with Crippen molar-refractivity contribution in [3.8, 4) is 0 Å². The quantitative estimate of drug-likeness (QED) is 0.647. The molecule has 10 heteroatoms. The van der Waals surface area contributed by atoms with Gasteiger partial charge in [0.1, 0.15) is 11.6 Å². The molecule has 146 valence electrons. The van der Waals surface area contributed by atoms with Gasteiger partial charge in [-0.05, 0) is 27.2 Å². The predicted octanol–water partition coefficient (Wildman–Crippen LogP) is 1.52. The zero-order valence-electron chi connectivity index (χ0n) is 15.5. The Morgan fingerprint density at radius 2 is 2.00 bits per heavy atom. The maximum Gasteiger partial charge on any atom is 0.408 e. The molecule has 9 nitrogen and oxygen atoms in total. The second kappa shape index (κ2) is 9.46. The van der Waals surface area contributed by atoms with Crippen molar-refractivity contribution in [3.05, 3.63) is 24.3 Å². The first-order valence-corrected chi connectivity index (χ1v) is 9.98. The van der Waals surface area contributed by atoms with Crippen LogP contribution in [0.3, 0.4) is 0 Å². The molecule has 0 aliphatic heterocycles. The predicted molar refractivity (Wildman–Crippen MR) is 96.1 cm³/mol. The Morgan fingerprint density at radius 3 is 2.54 bits per heavy atom. The van der Waals surface area contributed by atoms with E-state index < -0.39 is 33.4 Å². The van der Waals surface area contributed by atoms with Crippen LogP contribution in [0.5, 0.6) is 0 Å². The lowest BCUT2D eigenvalue weighted by Crippen LogP contribution is -2.44. The van der Waals surface area contributed by atoms with Gasteiger partial charge in [-0.2, -0.15) is 0 Å². The van der Waals surface area contributed by atoms with Crippen LogP contribution in [0, 0.1) is 4.78 Å². The lowest BCUT2D eigenvalue weighted by atomic mass is 10.2. The molecule has 1 aromatic rings. The lowest BCUT2D eigenvalue weighted by molar-refractivity contribution is -0.143. The molecular formula is C16H26N4O5S. The molecule has 0 fully saturated rings. The highest BCUT2D eigenvalue weighted by Crippen LogP contribution is 2.09. The van der Waals surface area contributed by atoms with Crippen LogP contribution in [0.15, 0.2) is 18.6 Å². The highest BCUT2D eigenvalue weighted by Gasteiger charge is 2.26. The minimum Gasteiger partial charge on any atom is -0.467 e. The Bertz CT molecular complexity index is 701. The molecule has 26 heavy (non-hydrogen) atoms. The number of aryl methyl sites for hydroxylation is 1. The zero-order chi connectivity index (χ0) is 19.8. The first-order chi connectivity index (χ1) is 12.0. The molecule has 0 saturated heterocycles. The maximum absolute atomic E-state index is 12.4. The van der Waals surface area contributed by atoms with Crippen molar-refractivity contribution >= 4 is 21.8 Å². The second-order valence-electron chi connectivity index (χ2n) is 6.68. The Kier molecular flexibility index (Phi) is 7.94. The summed E-state index contributed by atoms with van der Waals surface area (Å²) in [6.45, 7) is 5.09. The van der Waals surface area contributed by atoms with E-state index in [4.69, 9.17) is 9.52 Å². The number of nitrogens with one attached hydrogen (secondary N) is 2. The molecule has 1 unspecified atom stereocenters. The monoisotopic (exact) mass is 386 g/mol. The summed E-state index contributed by atoms with van der Waals surface area (Å²) in [4.78, 5) is 31.7. The number of rotatable bonds is 8. The van der Waals surface area contributed by atoms with Gasteiger partial charge < -0.3 is 14.8 Å². The largest absolute Gasteiger partial charge is 0.467 e. The fourth-order valence-corrected chi connectivity index (χ4v) is 3.34. The fourth-order valence-electron chi connectivity index (χ4n) is 1.98. The number of esters is 1. The van der Waals surface area contributed by atoms with Gasteiger partial charge in [-0.25, -0.2) is 13.8 Å². The lowest BCUT2D eigenvalue weighted by Gasteiger charge is -2.22. The van der Waals surface area contributed by atoms with E-state index in [1.165, 1.54) is 19.5 Å². The minimum absolute atomic E-state index is 0.00865. The molecule has 1 heterocycles. The number of hydrogen-bond acceptors (Lipinski definition) is 8. The van der Waals surface area contributed by atoms with Crippen molar-refractivity contribution in [2.45, 2.75) is 45.3 Å². The normalized spacial score (nSPS) is 14.8. The highest BCUT2D eigenvalue weighted by molar-refractivity contribution is 7.92. The first-order valence-electron chi connectivity index (χ1n) is 8.09. The van der Waals surface area contributed by atoms with Crippen LogP contribution in [0.4, 0.5) is 4.79 Å². The van der Waals surface area contributed by atoms with Gasteiger partial charge >= 0.3 is 12.1 Å². The summed E-state index contributed by atoms with van der Waals surface area (Å²) in [5, 5.41) is 2.40. The van der Waals surface area contributed by atoms with Gasteiger partial charge in [-0.15, -0.1) is 0 Å². The maximum atomic E-state index is 12.4. The van der Waals surface area contributed by atoms with Gasteiger partial charge in [0.2, 0.25) is 0 Å². The van der Waals surface area contributed by atoms with E-state index in [2.05, 4.69) is 20.0 Å². The molecule has 0 radical (unpaired) electrons. The van der Waals surface area contributed by atoms with Gasteiger partial charge in [0.05, 0.1) is 12.8 Å². The fraction of sp³-hybridized carbons (Fsp3) is 0.625. The van der Waals surface area contributed by atoms with Gasteiger partial charge in [-0.3, -0.25) is 14.7 Å². The third-order valence-corrected chi connectivity index (χ3v) is 4.98. The van der Waals surface area contributed by atoms with E-state index in [0.717, 1.165) is 0 Å². The van der Waals surface area contributed by atoms with Crippen LogP contribution in [-0.2, 0) is 30.4 Å². The molecule has 0 bridgehead atoms. The summed E-state index contributed by atoms with van der Waals surface area (Å²) in [6.07, 6.45) is 4.19. The van der Waals surface area contributed by atoms with E-state index in [1.807, 2.05) is 0 Å². The molecule has 1 rings (SSSR count). The highest BCUT2D eigenvalue weighted by atomic mass is 32.2. The average Bonchev–Trinajstić information content (AvgIpc) is 2.55. The van der Waals surface area contributed by atoms with Crippen molar-refractivity contribution in [1.82, 2.24) is 15.3 Å². The molecule has 0 aromatic carbocycles. The number of amides is 1. The smallest absolute Gasteiger partial charge is 0.408 e. The van der Waals surface area contributed by atoms with Gasteiger partial charge in [0.15, 0.2) is 0 Å². The number of ether oxygens (including phenoxy) is 2. The van der Waals surface area contributed by atoms with E-state index in [-0.39, 0.29) is 17.9 Å². The SMILES string of the molecule is COC(=O)[C@H](CCS(=N)(=O)CCc1cnccn1)NC(=O)OC(C)(C)C. The van der Waals surface area contributed by atoms with Crippen molar-refractivity contribution in [2.75, 3.05) is 18.6 Å². The molecule has 2 atom stereocenters. The van der Waals surface area contributed by atoms with Crippen LogP contribution >= 0.6 is 0 Å². The van der Waals surface area contributed by atoms with Crippen molar-refractivity contribution in [1.29, 1.82) is 4.78 Å². The van der Waals surface area contributed by atoms with Crippen LogP contribution in [0.2, 0.25) is 0 Å². The second-order valence-corrected chi connectivity index (χ2v) is 9.12. The summed E-state index contributed by atoms with van der Waals surface area (Å²) >= 11 is 0. The van der Waals surface area contributed by atoms with Crippen LogP contribution in [0.1, 0.15) is 32.9 Å². The Hall–Kier alpha value is -2.23. The average molecular weight is 386 g/mol. The topological polar surface area (TPSA) is 131 Å². The van der Waals surface area contributed by atoms with E-state index >= 15 is 0 Å². The number of carbonyl (C=O) groups excluding carboxylic acids is 2. The minimum atomic E-state index is -2.96. The molecule has 2 N–H and O–H groups in total. The van der Waals surface area contributed by atoms with Crippen molar-refractivity contribution in [3.63, 3.8) is 0 Å². The number of methoxy groups -OCH3 is 1. The van der Waals surface area contributed by atoms with Gasteiger partial charge in [0.25, 0.3) is 0 Å². The molecule has 0 saturated carbocycles. The number of hydrogen-bond donors (Lipinski definition) is 2. The standard InChI is InChI=1S/C16H26N4O5S/c1-16(2,3)25-15(22)20-13(14(21)24-4)6-10-26(17,23)9-5-12-11-18-7-8-19-12/h7-8,11,13,17H,5-6,9-10H2,1-4H3,(H,20,22)/t13-,26?/m0/s1. The van der Waals surface area contributed by atoms with Gasteiger partial charge in [-0.1, -0.05) is 0 Å². The molecule has 0 spiro atoms. The summed E-state index contributed by atoms with van der Waals surface area (Å²) in [5.41, 5.74) is -0.0753. The molecule has 1 aromatic heterocycles. The Morgan fingerprint density at radius 1 is 1.31 bits per heavy atom. The summed E-state index contributed by atoms with van der Waals surface area (Å²) < 4.78 is 30.2. The van der Waals surface area contributed by atoms with E-state index in [0.29, 0.717) is 12.1 Å². The van der Waals surface area contributed by atoms with Crippen LogP contribution in [0.25, 0.3) is 0 Å². The third kappa shape index (κ3) is 8.75. The molecule has 1 amide bonds. The van der Waals surface area contributed by atoms with Crippen molar-refractivity contribution in [2.24, 2.45) is 0 Å². The number of aromatic nitrogens is 2. The summed E-state index contributed by atoms with van der Waals surface area (Å²) in [6, 6.07) is -1.03. The zero-order valence-corrected chi connectivity index (χ0v) is 16.3. The molecule has 0 aliphatic carbocycles. The van der Waals surface area contributed by atoms with Crippen LogP contribution in [-0.4, -0.2) is 56.5 Å². The van der Waals surface area contributed by atoms with E-state index in [9.17, 15) is 13.8 Å². The van der Waals surface area contributed by atoms with Crippen LogP contribution < -0.4 is 5.32 Å². The third-order valence-electron chi connectivity index (χ3n) is 3.22. The number of alkyl carbamates (subject to hydrolysis) is 1. The summed E-state index contributed by atoms with van der Waals surface area (Å²) in [5.74, 6) is -0.658. The van der Waals surface area contributed by atoms with Crippen molar-refractivity contribution < 1.29 is 23.3 Å². The summed E-state index contributed by atoms with van der Waals surface area (Å²) in [7, 11) is -1.76. The number of nitrogens with zero attached hydrogens (tertiary/aromatic N) is 2. The Balaban J connectivity index is 2.61.